The molecule has 4 rings (SSSR count). The third-order valence-electron chi connectivity index (χ3n) is 5.72. The molecule has 0 spiro atoms. The number of amides is 1. The van der Waals surface area contributed by atoms with Gasteiger partial charge in [-0.25, -0.2) is 9.37 Å². The molecule has 9 nitrogen and oxygen atoms in total. The number of aromatic nitrogens is 1. The largest absolute Gasteiger partial charge is 0.494 e. The number of rotatable bonds is 11. The summed E-state index contributed by atoms with van der Waals surface area (Å²) in [6, 6.07) is 10.8. The van der Waals surface area contributed by atoms with E-state index in [4.69, 9.17) is 19.3 Å². The van der Waals surface area contributed by atoms with E-state index in [-0.39, 0.29) is 36.0 Å². The minimum absolute atomic E-state index is 0.0127. The number of carbonyl (C=O) groups is 2. The van der Waals surface area contributed by atoms with Crippen LogP contribution in [0.1, 0.15) is 20.8 Å². The molecule has 1 atom stereocenters. The number of fused-ring (bicyclic) bond motifs is 1. The Balaban J connectivity index is 1.60. The molecule has 0 aliphatic carbocycles. The molecule has 0 bridgehead atoms. The summed E-state index contributed by atoms with van der Waals surface area (Å²) in [4.78, 5) is 30.6. The van der Waals surface area contributed by atoms with Gasteiger partial charge >= 0.3 is 0 Å². The summed E-state index contributed by atoms with van der Waals surface area (Å²) in [6.45, 7) is -0.808. The van der Waals surface area contributed by atoms with Crippen molar-refractivity contribution in [3.05, 3.63) is 71.0 Å². The van der Waals surface area contributed by atoms with Gasteiger partial charge in [0.15, 0.2) is 11.5 Å². The van der Waals surface area contributed by atoms with E-state index in [0.29, 0.717) is 32.8 Å². The maximum atomic E-state index is 14.3. The first kappa shape index (κ1) is 27.0. The third-order valence-corrected chi connectivity index (χ3v) is 6.72. The molecule has 1 amide bonds. The highest BCUT2D eigenvalue weighted by molar-refractivity contribution is 7.17. The topological polar surface area (TPSA) is 127 Å². The van der Waals surface area contributed by atoms with Crippen molar-refractivity contribution in [1.82, 2.24) is 10.3 Å². The van der Waals surface area contributed by atoms with Gasteiger partial charge in [0.05, 0.1) is 32.1 Å². The number of hydrogen-bond acceptors (Lipinski definition) is 9. The van der Waals surface area contributed by atoms with Crippen molar-refractivity contribution >= 4 is 33.1 Å². The molecule has 38 heavy (non-hydrogen) atoms. The number of hydrogen-bond donors (Lipinski definition) is 3. The standard InChI is InChI=1S/C27H25FN2O7S/c1-35-22-9-7-19(29-24(22)17-14-38-26-16(17)4-3-5-18(26)28)25(33)20(13-32)30-27(34)15-6-8-21(37-11-10-31)23(12-15)36-2/h3-9,12,14,20,31-32H,10-11,13H2,1-2H3,(H,30,34)/t20-/m1/s1. The molecular weight excluding hydrogens is 515 g/mol. The zero-order valence-corrected chi connectivity index (χ0v) is 21.4. The molecule has 0 radical (unpaired) electrons. The number of ether oxygens (including phenoxy) is 3. The molecule has 4 aromatic rings. The van der Waals surface area contributed by atoms with E-state index in [2.05, 4.69) is 10.3 Å². The molecule has 3 N–H and O–H groups in total. The Kier molecular flexibility index (Phi) is 8.52. The predicted octanol–water partition coefficient (Wildman–Crippen LogP) is 3.46. The van der Waals surface area contributed by atoms with Gasteiger partial charge in [-0.15, -0.1) is 11.3 Å². The number of Topliss-reactive ketones (excluding diaryl/α,β-unsaturated/α-hetero) is 1. The third kappa shape index (κ3) is 5.44. The quantitative estimate of drug-likeness (QED) is 0.247. The van der Waals surface area contributed by atoms with Gasteiger partial charge in [-0.1, -0.05) is 12.1 Å². The molecule has 0 saturated carbocycles. The molecule has 2 aromatic heterocycles. The van der Waals surface area contributed by atoms with Gasteiger partial charge in [-0.3, -0.25) is 9.59 Å². The van der Waals surface area contributed by atoms with E-state index in [1.165, 1.54) is 55.9 Å². The summed E-state index contributed by atoms with van der Waals surface area (Å²) in [5.41, 5.74) is 1.08. The van der Waals surface area contributed by atoms with Crippen molar-refractivity contribution in [3.63, 3.8) is 0 Å². The maximum absolute atomic E-state index is 14.3. The van der Waals surface area contributed by atoms with Crippen LogP contribution in [0, 0.1) is 5.82 Å². The van der Waals surface area contributed by atoms with Crippen LogP contribution >= 0.6 is 11.3 Å². The van der Waals surface area contributed by atoms with E-state index in [9.17, 15) is 19.1 Å². The van der Waals surface area contributed by atoms with E-state index < -0.39 is 24.3 Å². The number of thiophene rings is 1. The van der Waals surface area contributed by atoms with Crippen LogP contribution in [-0.2, 0) is 0 Å². The molecule has 11 heteroatoms. The Morgan fingerprint density at radius 3 is 2.53 bits per heavy atom. The molecule has 2 heterocycles. The number of carbonyl (C=O) groups excluding carboxylic acids is 2. The van der Waals surface area contributed by atoms with Crippen LogP contribution in [0.5, 0.6) is 17.2 Å². The number of nitrogens with one attached hydrogen (secondary N) is 1. The molecule has 198 valence electrons. The lowest BCUT2D eigenvalue weighted by molar-refractivity contribution is 0.0810. The Morgan fingerprint density at radius 2 is 1.82 bits per heavy atom. The van der Waals surface area contributed by atoms with Gasteiger partial charge in [0, 0.05) is 21.9 Å². The summed E-state index contributed by atoms with van der Waals surface area (Å²) >= 11 is 1.21. The van der Waals surface area contributed by atoms with Crippen molar-refractivity contribution in [2.24, 2.45) is 0 Å². The Morgan fingerprint density at radius 1 is 1.05 bits per heavy atom. The molecule has 0 unspecified atom stereocenters. The molecule has 0 aliphatic heterocycles. The number of aliphatic hydroxyl groups excluding tert-OH is 2. The van der Waals surface area contributed by atoms with Gasteiger partial charge < -0.3 is 29.7 Å². The number of ketones is 1. The number of nitrogens with zero attached hydrogens (tertiary/aromatic N) is 1. The predicted molar refractivity (Wildman–Crippen MR) is 140 cm³/mol. The SMILES string of the molecule is COc1cc(C(=O)N[C@H](CO)C(=O)c2ccc(OC)c(-c3csc4c(F)cccc34)n2)ccc1OCCO. The number of halogens is 1. The lowest BCUT2D eigenvalue weighted by Crippen LogP contribution is -2.43. The van der Waals surface area contributed by atoms with Gasteiger partial charge in [0.2, 0.25) is 5.78 Å². The number of benzene rings is 2. The fraction of sp³-hybridized carbons (Fsp3) is 0.222. The summed E-state index contributed by atoms with van der Waals surface area (Å²) in [6.07, 6.45) is 0. The van der Waals surface area contributed by atoms with Crippen LogP contribution in [0.4, 0.5) is 4.39 Å². The van der Waals surface area contributed by atoms with Gasteiger partial charge in [-0.2, -0.15) is 0 Å². The molecule has 0 aliphatic rings. The number of aliphatic hydroxyl groups is 2. The molecule has 0 fully saturated rings. The Bertz CT molecular complexity index is 1470. The number of pyridine rings is 1. The Hall–Kier alpha value is -4.06. The van der Waals surface area contributed by atoms with Crippen LogP contribution in [-0.4, -0.2) is 67.0 Å². The van der Waals surface area contributed by atoms with Gasteiger partial charge in [0.1, 0.15) is 35.6 Å². The first-order valence-electron chi connectivity index (χ1n) is 11.5. The summed E-state index contributed by atoms with van der Waals surface area (Å²) in [5.74, 6) is -0.631. The van der Waals surface area contributed by atoms with Crippen molar-refractivity contribution in [2.75, 3.05) is 34.0 Å². The van der Waals surface area contributed by atoms with Crippen LogP contribution in [0.15, 0.2) is 53.9 Å². The fourth-order valence-corrected chi connectivity index (χ4v) is 4.80. The van der Waals surface area contributed by atoms with Crippen LogP contribution in [0.3, 0.4) is 0 Å². The van der Waals surface area contributed by atoms with Crippen molar-refractivity contribution < 1.29 is 38.4 Å². The highest BCUT2D eigenvalue weighted by atomic mass is 32.1. The summed E-state index contributed by atoms with van der Waals surface area (Å²) in [5, 5.41) is 23.8. The minimum atomic E-state index is -1.29. The second-order valence-electron chi connectivity index (χ2n) is 8.02. The molecular formula is C27H25FN2O7S. The van der Waals surface area contributed by atoms with E-state index in [0.717, 1.165) is 0 Å². The second-order valence-corrected chi connectivity index (χ2v) is 8.90. The maximum Gasteiger partial charge on any atom is 0.252 e. The smallest absolute Gasteiger partial charge is 0.252 e. The molecule has 0 saturated heterocycles. The summed E-state index contributed by atoms with van der Waals surface area (Å²) in [7, 11) is 2.86. The van der Waals surface area contributed by atoms with Crippen LogP contribution in [0.2, 0.25) is 0 Å². The van der Waals surface area contributed by atoms with E-state index in [1.807, 2.05) is 0 Å². The van der Waals surface area contributed by atoms with Crippen molar-refractivity contribution in [1.29, 1.82) is 0 Å². The first-order chi connectivity index (χ1) is 18.4. The van der Waals surface area contributed by atoms with Crippen molar-refractivity contribution in [2.45, 2.75) is 6.04 Å². The average Bonchev–Trinajstić information content (AvgIpc) is 3.39. The number of methoxy groups -OCH3 is 2. The van der Waals surface area contributed by atoms with Crippen LogP contribution in [0.25, 0.3) is 21.3 Å². The summed E-state index contributed by atoms with van der Waals surface area (Å²) < 4.78 is 30.7. The zero-order valence-electron chi connectivity index (χ0n) is 20.6. The monoisotopic (exact) mass is 540 g/mol. The highest BCUT2D eigenvalue weighted by Crippen LogP contribution is 2.38. The van der Waals surface area contributed by atoms with Crippen molar-refractivity contribution in [3.8, 4) is 28.5 Å². The van der Waals surface area contributed by atoms with Gasteiger partial charge in [-0.05, 0) is 36.4 Å². The highest BCUT2D eigenvalue weighted by Gasteiger charge is 2.25. The van der Waals surface area contributed by atoms with Gasteiger partial charge in [0.25, 0.3) is 5.91 Å². The average molecular weight is 541 g/mol. The van der Waals surface area contributed by atoms with Crippen LogP contribution < -0.4 is 19.5 Å². The second kappa shape index (κ2) is 12.0. The molecule has 2 aromatic carbocycles. The van der Waals surface area contributed by atoms with E-state index >= 15 is 0 Å². The fourth-order valence-electron chi connectivity index (χ4n) is 3.84. The van der Waals surface area contributed by atoms with E-state index in [1.54, 1.807) is 23.6 Å². The minimum Gasteiger partial charge on any atom is -0.494 e. The normalized spacial score (nSPS) is 11.7. The Labute approximate surface area is 221 Å². The zero-order chi connectivity index (χ0) is 27.2. The first-order valence-corrected chi connectivity index (χ1v) is 12.4. The lowest BCUT2D eigenvalue weighted by atomic mass is 10.1. The lowest BCUT2D eigenvalue weighted by Gasteiger charge is -2.17.